The summed E-state index contributed by atoms with van der Waals surface area (Å²) in [5.41, 5.74) is 2.07. The van der Waals surface area contributed by atoms with Crippen LogP contribution >= 0.6 is 35.4 Å². The maximum absolute atomic E-state index is 13.1. The average Bonchev–Trinajstić information content (AvgIpc) is 3.17. The highest BCUT2D eigenvalue weighted by Crippen LogP contribution is 2.31. The van der Waals surface area contributed by atoms with Gasteiger partial charge in [-0.05, 0) is 67.2 Å². The monoisotopic (exact) mass is 456 g/mol. The highest BCUT2D eigenvalue weighted by atomic mass is 35.5. The summed E-state index contributed by atoms with van der Waals surface area (Å²) in [6.07, 6.45) is 1.38. The molecule has 1 aliphatic heterocycles. The van der Waals surface area contributed by atoms with E-state index in [4.69, 9.17) is 39.8 Å². The first-order valence-corrected chi connectivity index (χ1v) is 10.0. The molecule has 30 heavy (non-hydrogen) atoms. The molecule has 3 aromatic rings. The van der Waals surface area contributed by atoms with E-state index in [0.29, 0.717) is 27.3 Å². The third-order valence-corrected chi connectivity index (χ3v) is 5.41. The van der Waals surface area contributed by atoms with Gasteiger partial charge in [-0.2, -0.15) is 0 Å². The molecule has 1 aromatic heterocycles. The molecule has 1 fully saturated rings. The third kappa shape index (κ3) is 3.77. The van der Waals surface area contributed by atoms with Crippen LogP contribution < -0.4 is 10.2 Å². The summed E-state index contributed by atoms with van der Waals surface area (Å²) in [5.74, 6) is -0.280. The van der Waals surface area contributed by atoms with Crippen molar-refractivity contribution in [1.29, 1.82) is 0 Å². The molecule has 1 N–H and O–H groups in total. The van der Waals surface area contributed by atoms with E-state index < -0.39 is 11.8 Å². The fraction of sp³-hybridized carbons (Fsp3) is 0.0455. The van der Waals surface area contributed by atoms with Crippen molar-refractivity contribution in [2.24, 2.45) is 0 Å². The zero-order chi connectivity index (χ0) is 21.4. The topological polar surface area (TPSA) is 62.6 Å². The molecule has 0 spiro atoms. The highest BCUT2D eigenvalue weighted by molar-refractivity contribution is 7.80. The summed E-state index contributed by atoms with van der Waals surface area (Å²) in [7, 11) is 0. The third-order valence-electron chi connectivity index (χ3n) is 4.57. The Hall–Kier alpha value is -2.93. The quantitative estimate of drug-likeness (QED) is 0.325. The van der Waals surface area contributed by atoms with Crippen molar-refractivity contribution in [3.8, 4) is 11.3 Å². The number of nitrogens with zero attached hydrogens (tertiary/aromatic N) is 1. The van der Waals surface area contributed by atoms with Crippen LogP contribution in [0.15, 0.2) is 64.6 Å². The van der Waals surface area contributed by atoms with Gasteiger partial charge in [-0.15, -0.1) is 0 Å². The van der Waals surface area contributed by atoms with Crippen molar-refractivity contribution in [1.82, 2.24) is 5.32 Å². The molecule has 2 heterocycles. The number of furan rings is 1. The Morgan fingerprint density at radius 3 is 2.60 bits per heavy atom. The molecule has 0 aliphatic carbocycles. The first-order valence-electron chi connectivity index (χ1n) is 8.87. The minimum absolute atomic E-state index is 0.0371. The standard InChI is InChI=1S/C22H14Cl2N2O3S/c1-12-6-7-13(23)10-15(12)19-9-8-14(29-19)11-16-20(27)25-22(30)26(21(16)28)18-5-3-2-4-17(18)24/h2-11H,1H3,(H,25,27,30)/b16-11+. The number of amides is 2. The molecule has 0 unspecified atom stereocenters. The van der Waals surface area contributed by atoms with Crippen molar-refractivity contribution < 1.29 is 14.0 Å². The number of aryl methyl sites for hydroxylation is 1. The Labute approximate surface area is 187 Å². The molecule has 0 atom stereocenters. The molecule has 0 bridgehead atoms. The van der Waals surface area contributed by atoms with Crippen molar-refractivity contribution >= 4 is 64.1 Å². The second kappa shape index (κ2) is 8.07. The smallest absolute Gasteiger partial charge is 0.270 e. The van der Waals surface area contributed by atoms with Crippen LogP contribution in [0.4, 0.5) is 5.69 Å². The zero-order valence-electron chi connectivity index (χ0n) is 15.6. The van der Waals surface area contributed by atoms with Crippen LogP contribution in [0.1, 0.15) is 11.3 Å². The highest BCUT2D eigenvalue weighted by Gasteiger charge is 2.35. The van der Waals surface area contributed by atoms with Gasteiger partial charge >= 0.3 is 0 Å². The summed E-state index contributed by atoms with van der Waals surface area (Å²) >= 11 is 17.5. The fourth-order valence-corrected chi connectivity index (χ4v) is 3.75. The number of halogens is 2. The molecule has 5 nitrogen and oxygen atoms in total. The number of anilines is 1. The van der Waals surface area contributed by atoms with Crippen LogP contribution in [0.3, 0.4) is 0 Å². The van der Waals surface area contributed by atoms with E-state index in [-0.39, 0.29) is 10.7 Å². The number of carbonyl (C=O) groups is 2. The number of benzene rings is 2. The summed E-state index contributed by atoms with van der Waals surface area (Å²) in [5, 5.41) is 3.40. The fourth-order valence-electron chi connectivity index (χ4n) is 3.09. The van der Waals surface area contributed by atoms with Crippen molar-refractivity contribution in [2.75, 3.05) is 4.90 Å². The van der Waals surface area contributed by atoms with Crippen LogP contribution in [0.2, 0.25) is 10.0 Å². The van der Waals surface area contributed by atoms with Crippen molar-refractivity contribution in [3.63, 3.8) is 0 Å². The molecular weight excluding hydrogens is 443 g/mol. The number of thiocarbonyl (C=S) groups is 1. The average molecular weight is 457 g/mol. The van der Waals surface area contributed by atoms with Crippen molar-refractivity contribution in [2.45, 2.75) is 6.92 Å². The first-order chi connectivity index (χ1) is 14.3. The van der Waals surface area contributed by atoms with Gasteiger partial charge in [0.05, 0.1) is 10.7 Å². The molecule has 2 amide bonds. The van der Waals surface area contributed by atoms with E-state index >= 15 is 0 Å². The van der Waals surface area contributed by atoms with E-state index in [0.717, 1.165) is 11.1 Å². The minimum atomic E-state index is -0.606. The Morgan fingerprint density at radius 2 is 1.83 bits per heavy atom. The zero-order valence-corrected chi connectivity index (χ0v) is 17.9. The van der Waals surface area contributed by atoms with Gasteiger partial charge in [0, 0.05) is 10.6 Å². The van der Waals surface area contributed by atoms with Crippen molar-refractivity contribution in [3.05, 3.63) is 81.5 Å². The lowest BCUT2D eigenvalue weighted by molar-refractivity contribution is -0.122. The Balaban J connectivity index is 1.71. The number of hydrogen-bond acceptors (Lipinski definition) is 4. The summed E-state index contributed by atoms with van der Waals surface area (Å²) < 4.78 is 5.85. The van der Waals surface area contributed by atoms with Gasteiger partial charge in [0.1, 0.15) is 17.1 Å². The van der Waals surface area contributed by atoms with Crippen LogP contribution in [-0.2, 0) is 9.59 Å². The van der Waals surface area contributed by atoms with Gasteiger partial charge in [0.25, 0.3) is 11.8 Å². The molecule has 8 heteroatoms. The number of carbonyl (C=O) groups excluding carboxylic acids is 2. The number of rotatable bonds is 3. The van der Waals surface area contributed by atoms with Crippen LogP contribution in [-0.4, -0.2) is 16.9 Å². The van der Waals surface area contributed by atoms with Crippen LogP contribution in [0.25, 0.3) is 17.4 Å². The van der Waals surface area contributed by atoms with E-state index in [1.165, 1.54) is 11.0 Å². The predicted octanol–water partition coefficient (Wildman–Crippen LogP) is 5.39. The van der Waals surface area contributed by atoms with Gasteiger partial charge in [0.15, 0.2) is 5.11 Å². The van der Waals surface area contributed by atoms with E-state index in [1.54, 1.807) is 48.5 Å². The van der Waals surface area contributed by atoms with E-state index in [9.17, 15) is 9.59 Å². The summed E-state index contributed by atoms with van der Waals surface area (Å²) in [6.45, 7) is 1.94. The first kappa shape index (κ1) is 20.3. The molecular formula is C22H14Cl2N2O3S. The minimum Gasteiger partial charge on any atom is -0.457 e. The molecule has 2 aromatic carbocycles. The van der Waals surface area contributed by atoms with Gasteiger partial charge < -0.3 is 4.42 Å². The Bertz CT molecular complexity index is 1230. The lowest BCUT2D eigenvalue weighted by Crippen LogP contribution is -2.54. The number of hydrogen-bond donors (Lipinski definition) is 1. The molecule has 0 radical (unpaired) electrons. The lowest BCUT2D eigenvalue weighted by Gasteiger charge is -2.29. The van der Waals surface area contributed by atoms with Crippen LogP contribution in [0.5, 0.6) is 0 Å². The van der Waals surface area contributed by atoms with Gasteiger partial charge in [-0.25, -0.2) is 0 Å². The molecule has 150 valence electrons. The lowest BCUT2D eigenvalue weighted by atomic mass is 10.1. The van der Waals surface area contributed by atoms with Gasteiger partial charge in [-0.1, -0.05) is 41.4 Å². The normalized spacial score (nSPS) is 15.6. The number of nitrogens with one attached hydrogen (secondary N) is 1. The van der Waals surface area contributed by atoms with Gasteiger partial charge in [-0.3, -0.25) is 19.8 Å². The van der Waals surface area contributed by atoms with E-state index in [1.807, 2.05) is 13.0 Å². The van der Waals surface area contributed by atoms with E-state index in [2.05, 4.69) is 5.32 Å². The second-order valence-electron chi connectivity index (χ2n) is 6.57. The maximum Gasteiger partial charge on any atom is 0.270 e. The van der Waals surface area contributed by atoms with Gasteiger partial charge in [0.2, 0.25) is 0 Å². The summed E-state index contributed by atoms with van der Waals surface area (Å²) in [6, 6.07) is 15.7. The molecule has 4 rings (SSSR count). The second-order valence-corrected chi connectivity index (χ2v) is 7.80. The maximum atomic E-state index is 13.1. The molecule has 0 saturated carbocycles. The molecule has 1 saturated heterocycles. The Morgan fingerprint density at radius 1 is 1.07 bits per heavy atom. The Kier molecular flexibility index (Phi) is 5.47. The SMILES string of the molecule is Cc1ccc(Cl)cc1-c1ccc(/C=C2\C(=O)NC(=S)N(c3ccccc3Cl)C2=O)o1. The predicted molar refractivity (Wildman–Crippen MR) is 122 cm³/mol. The largest absolute Gasteiger partial charge is 0.457 e. The summed E-state index contributed by atoms with van der Waals surface area (Å²) in [4.78, 5) is 26.7. The number of para-hydroxylation sites is 1. The molecule has 1 aliphatic rings. The van der Waals surface area contributed by atoms with Crippen LogP contribution in [0, 0.1) is 6.92 Å².